The molecular weight excluding hydrogens is 399 g/mol. The van der Waals surface area contributed by atoms with Gasteiger partial charge in [-0.2, -0.15) is 0 Å². The molecule has 2 N–H and O–H groups in total. The minimum atomic E-state index is -0.597. The third kappa shape index (κ3) is 3.71. The lowest BCUT2D eigenvalue weighted by molar-refractivity contribution is -0.141. The first-order valence-electron chi connectivity index (χ1n) is 9.50. The molecule has 1 aromatic heterocycles. The highest BCUT2D eigenvalue weighted by molar-refractivity contribution is 6.30. The molecule has 0 radical (unpaired) electrons. The van der Waals surface area contributed by atoms with E-state index < -0.39 is 5.82 Å². The summed E-state index contributed by atoms with van der Waals surface area (Å²) in [5.41, 5.74) is -0.00171. The van der Waals surface area contributed by atoms with Crippen molar-refractivity contribution in [1.29, 1.82) is 0 Å². The van der Waals surface area contributed by atoms with Crippen LogP contribution in [0.25, 0.3) is 0 Å². The molecule has 0 spiro atoms. The highest BCUT2D eigenvalue weighted by Crippen LogP contribution is 2.60. The number of carbonyl (C=O) groups excluding carboxylic acids is 2. The molecule has 6 nitrogen and oxygen atoms in total. The Morgan fingerprint density at radius 3 is 2.55 bits per heavy atom. The van der Waals surface area contributed by atoms with E-state index in [9.17, 15) is 14.0 Å². The van der Waals surface area contributed by atoms with Gasteiger partial charge in [0.2, 0.25) is 0 Å². The van der Waals surface area contributed by atoms with Gasteiger partial charge in [0.1, 0.15) is 17.3 Å². The van der Waals surface area contributed by atoms with Crippen LogP contribution in [0.1, 0.15) is 55.1 Å². The van der Waals surface area contributed by atoms with Gasteiger partial charge in [0, 0.05) is 23.1 Å². The highest BCUT2D eigenvalue weighted by Gasteiger charge is 2.69. The summed E-state index contributed by atoms with van der Waals surface area (Å²) >= 11 is 5.62. The molecule has 0 saturated heterocycles. The number of furan rings is 1. The van der Waals surface area contributed by atoms with E-state index >= 15 is 0 Å². The van der Waals surface area contributed by atoms with Gasteiger partial charge in [0.15, 0.2) is 6.61 Å². The van der Waals surface area contributed by atoms with E-state index in [2.05, 4.69) is 10.6 Å². The van der Waals surface area contributed by atoms with Gasteiger partial charge in [0.25, 0.3) is 11.8 Å². The van der Waals surface area contributed by atoms with Crippen molar-refractivity contribution in [3.8, 4) is 5.75 Å². The van der Waals surface area contributed by atoms with E-state index in [1.807, 2.05) is 13.8 Å². The van der Waals surface area contributed by atoms with E-state index in [1.54, 1.807) is 6.07 Å². The third-order valence-corrected chi connectivity index (χ3v) is 5.85. The van der Waals surface area contributed by atoms with Gasteiger partial charge in [-0.05, 0) is 37.5 Å². The maximum absolute atomic E-state index is 13.4. The summed E-state index contributed by atoms with van der Waals surface area (Å²) < 4.78 is 24.1. The average molecular weight is 421 g/mol. The quantitative estimate of drug-likeness (QED) is 0.714. The largest absolute Gasteiger partial charge is 0.484 e. The average Bonchev–Trinajstić information content (AvgIpc) is 3.10. The Morgan fingerprint density at radius 1 is 1.21 bits per heavy atom. The minimum Gasteiger partial charge on any atom is -0.484 e. The monoisotopic (exact) mass is 420 g/mol. The number of hydrogen-bond donors (Lipinski definition) is 2. The molecule has 8 heteroatoms. The Bertz CT molecular complexity index is 952. The SMILES string of the molecule is CC(C)c1occc1C(=O)NC12CC(NC(=O)COc3ccc(Cl)c(F)c3)(C1)C2. The highest BCUT2D eigenvalue weighted by atomic mass is 35.5. The first-order chi connectivity index (χ1) is 13.7. The van der Waals surface area contributed by atoms with E-state index in [0.29, 0.717) is 30.6 Å². The number of halogens is 2. The predicted molar refractivity (Wildman–Crippen MR) is 105 cm³/mol. The van der Waals surface area contributed by atoms with Gasteiger partial charge >= 0.3 is 0 Å². The molecule has 154 valence electrons. The second-order valence-corrected chi connectivity index (χ2v) is 8.72. The molecule has 3 fully saturated rings. The lowest BCUT2D eigenvalue weighted by Crippen LogP contribution is -2.84. The van der Waals surface area contributed by atoms with Crippen molar-refractivity contribution in [3.63, 3.8) is 0 Å². The molecule has 0 aliphatic heterocycles. The Labute approximate surface area is 172 Å². The maximum Gasteiger partial charge on any atom is 0.258 e. The van der Waals surface area contributed by atoms with E-state index in [0.717, 1.165) is 6.07 Å². The first kappa shape index (κ1) is 19.8. The van der Waals surface area contributed by atoms with Crippen molar-refractivity contribution in [2.45, 2.75) is 50.1 Å². The van der Waals surface area contributed by atoms with Gasteiger partial charge in [-0.15, -0.1) is 0 Å². The maximum atomic E-state index is 13.4. The Hall–Kier alpha value is -2.54. The summed E-state index contributed by atoms with van der Waals surface area (Å²) in [4.78, 5) is 24.8. The minimum absolute atomic E-state index is 0.000974. The zero-order valence-corrected chi connectivity index (χ0v) is 16.9. The van der Waals surface area contributed by atoms with Crippen molar-refractivity contribution >= 4 is 23.4 Å². The summed E-state index contributed by atoms with van der Waals surface area (Å²) in [6, 6.07) is 5.71. The van der Waals surface area contributed by atoms with Crippen LogP contribution in [0.15, 0.2) is 34.9 Å². The zero-order valence-electron chi connectivity index (χ0n) is 16.2. The topological polar surface area (TPSA) is 80.6 Å². The van der Waals surface area contributed by atoms with Crippen LogP contribution in [-0.2, 0) is 4.79 Å². The van der Waals surface area contributed by atoms with Crippen LogP contribution < -0.4 is 15.4 Å². The van der Waals surface area contributed by atoms with Gasteiger partial charge < -0.3 is 19.8 Å². The van der Waals surface area contributed by atoms with Crippen molar-refractivity contribution in [2.24, 2.45) is 0 Å². The van der Waals surface area contributed by atoms with Gasteiger partial charge in [-0.3, -0.25) is 9.59 Å². The molecule has 5 rings (SSSR count). The number of hydrogen-bond acceptors (Lipinski definition) is 4. The lowest BCUT2D eigenvalue weighted by Gasteiger charge is -2.70. The van der Waals surface area contributed by atoms with Crippen molar-refractivity contribution in [1.82, 2.24) is 10.6 Å². The summed E-state index contributed by atoms with van der Waals surface area (Å²) in [5, 5.41) is 6.05. The standard InChI is InChI=1S/C21H22ClFN2O4/c1-12(2)18-14(5-6-28-18)19(27)25-21-9-20(10-21,11-21)24-17(26)8-29-13-3-4-15(22)16(23)7-13/h3-7,12H,8-11H2,1-2H3,(H,24,26)(H,25,27). The van der Waals surface area contributed by atoms with E-state index in [1.165, 1.54) is 18.4 Å². The second-order valence-electron chi connectivity index (χ2n) is 8.31. The molecule has 3 aliphatic rings. The molecule has 1 heterocycles. The summed E-state index contributed by atoms with van der Waals surface area (Å²) in [5.74, 6) is 0.0166. The number of amides is 2. The molecule has 2 aromatic rings. The van der Waals surface area contributed by atoms with E-state index in [-0.39, 0.29) is 46.2 Å². The van der Waals surface area contributed by atoms with Crippen LogP contribution in [0.5, 0.6) is 5.75 Å². The normalized spacial score (nSPS) is 24.4. The Kier molecular flexibility index (Phi) is 4.81. The van der Waals surface area contributed by atoms with Crippen molar-refractivity contribution < 1.29 is 23.1 Å². The van der Waals surface area contributed by atoms with Crippen LogP contribution >= 0.6 is 11.6 Å². The molecule has 29 heavy (non-hydrogen) atoms. The fraction of sp³-hybridized carbons (Fsp3) is 0.429. The van der Waals surface area contributed by atoms with Crippen LogP contribution in [-0.4, -0.2) is 29.5 Å². The number of benzene rings is 1. The summed E-state index contributed by atoms with van der Waals surface area (Å²) in [6.45, 7) is 3.73. The van der Waals surface area contributed by atoms with Gasteiger partial charge in [-0.25, -0.2) is 4.39 Å². The third-order valence-electron chi connectivity index (χ3n) is 5.54. The molecule has 1 aromatic carbocycles. The number of nitrogens with one attached hydrogen (secondary N) is 2. The Morgan fingerprint density at radius 2 is 1.90 bits per heavy atom. The molecule has 0 atom stereocenters. The van der Waals surface area contributed by atoms with Crippen LogP contribution in [0, 0.1) is 5.82 Å². The fourth-order valence-electron chi connectivity index (χ4n) is 4.36. The second kappa shape index (κ2) is 7.06. The zero-order chi connectivity index (χ0) is 20.8. The lowest BCUT2D eigenvalue weighted by atomic mass is 9.44. The summed E-state index contributed by atoms with van der Waals surface area (Å²) in [7, 11) is 0. The fourth-order valence-corrected chi connectivity index (χ4v) is 4.48. The first-order valence-corrected chi connectivity index (χ1v) is 9.88. The molecular formula is C21H22ClFN2O4. The van der Waals surface area contributed by atoms with E-state index in [4.69, 9.17) is 20.8 Å². The van der Waals surface area contributed by atoms with Gasteiger partial charge in [-0.1, -0.05) is 25.4 Å². The molecule has 2 amide bonds. The number of rotatable bonds is 7. The van der Waals surface area contributed by atoms with Crippen molar-refractivity contribution in [2.75, 3.05) is 6.61 Å². The number of carbonyl (C=O) groups is 2. The van der Waals surface area contributed by atoms with Crippen LogP contribution in [0.4, 0.5) is 4.39 Å². The summed E-state index contributed by atoms with van der Waals surface area (Å²) in [6.07, 6.45) is 3.58. The molecule has 0 unspecified atom stereocenters. The van der Waals surface area contributed by atoms with Crippen LogP contribution in [0.2, 0.25) is 5.02 Å². The molecule has 3 saturated carbocycles. The van der Waals surface area contributed by atoms with Gasteiger partial charge in [0.05, 0.1) is 16.8 Å². The smallest absolute Gasteiger partial charge is 0.258 e. The molecule has 3 aliphatic carbocycles. The predicted octanol–water partition coefficient (Wildman–Crippen LogP) is 3.80. The Balaban J connectivity index is 1.25. The molecule has 2 bridgehead atoms. The number of ether oxygens (including phenoxy) is 1. The van der Waals surface area contributed by atoms with Crippen molar-refractivity contribution in [3.05, 3.63) is 52.7 Å². The van der Waals surface area contributed by atoms with Crippen LogP contribution in [0.3, 0.4) is 0 Å².